The molecule has 0 bridgehead atoms. The smallest absolute Gasteiger partial charge is 0.410 e. The van der Waals surface area contributed by atoms with Crippen molar-refractivity contribution in [3.8, 4) is 23.0 Å². The van der Waals surface area contributed by atoms with Gasteiger partial charge in [-0.1, -0.05) is 30.3 Å². The van der Waals surface area contributed by atoms with Gasteiger partial charge in [-0.25, -0.2) is 19.6 Å². The molecule has 350 valence electrons. The number of nitrogens with zero attached hydrogens (tertiary/aromatic N) is 5. The Labute approximate surface area is 380 Å². The molecule has 2 aliphatic carbocycles. The molecule has 1 N–H and O–H groups in total. The zero-order chi connectivity index (χ0) is 47.1. The molecule has 16 heteroatoms. The van der Waals surface area contributed by atoms with Crippen LogP contribution in [-0.2, 0) is 16.0 Å². The predicted octanol–water partition coefficient (Wildman–Crippen LogP) is 8.50. The second-order valence-corrected chi connectivity index (χ2v) is 18.7. The Morgan fingerprint density at radius 2 is 1.12 bits per heavy atom. The second kappa shape index (κ2) is 20.7. The Bertz CT molecular complexity index is 2530. The van der Waals surface area contributed by atoms with Gasteiger partial charge in [-0.3, -0.25) is 14.2 Å². The van der Waals surface area contributed by atoms with Gasteiger partial charge in [0.25, 0.3) is 11.1 Å². The molecule has 2 fully saturated rings. The molecule has 0 unspecified atom stereocenters. The summed E-state index contributed by atoms with van der Waals surface area (Å²) in [5, 5.41) is 0.948. The number of carbonyl (C=O) groups is 2. The molecule has 2 aliphatic rings. The summed E-state index contributed by atoms with van der Waals surface area (Å²) in [6.45, 7) is 11.6. The van der Waals surface area contributed by atoms with Crippen LogP contribution in [0.5, 0.6) is 23.0 Å². The standard InChI is InChI=1S/C28H35N3O5.C21H29N3O5/c1-28(2,3)36-27(33)30(4)20-11-13-21(14-12-20)35-25-15-22-23(16-24(25)34-5)29-18-31(26(22)32)17-19-9-7-6-8-10-19;1-21(2,3)29-20(26)24(4)13-6-8-14(9-7-13)28-18-10-15-16(11-17(18)27-5)22-12-23-19(15)25/h6-10,15-16,18,20-21H,11-14,17H2,1-5H3;10-14H,6-9H2,1-5H3,(H,22,23,25). The number of aromatic nitrogens is 4. The first-order chi connectivity index (χ1) is 30.8. The number of carbonyl (C=O) groups excluding carboxylic acids is 2. The summed E-state index contributed by atoms with van der Waals surface area (Å²) in [5.74, 6) is 2.15. The predicted molar refractivity (Wildman–Crippen MR) is 248 cm³/mol. The van der Waals surface area contributed by atoms with Crippen molar-refractivity contribution >= 4 is 34.0 Å². The fourth-order valence-corrected chi connectivity index (χ4v) is 8.06. The van der Waals surface area contributed by atoms with Crippen LogP contribution in [0.25, 0.3) is 21.8 Å². The highest BCUT2D eigenvalue weighted by Crippen LogP contribution is 2.36. The SMILES string of the molecule is COc1cc2nc[nH]c(=O)c2cc1OC1CCC(N(C)C(=O)OC(C)(C)C)CC1.COc1cc2ncn(Cc3ccccc3)c(=O)c2cc1OC1CCC(N(C)C(=O)OC(C)(C)C)CC1. The Kier molecular flexibility index (Phi) is 15.3. The molecular weight excluding hydrogens is 833 g/mol. The van der Waals surface area contributed by atoms with Crippen LogP contribution < -0.4 is 30.1 Å². The summed E-state index contributed by atoms with van der Waals surface area (Å²) in [6, 6.07) is 16.9. The highest BCUT2D eigenvalue weighted by molar-refractivity contribution is 5.82. The van der Waals surface area contributed by atoms with E-state index in [1.54, 1.807) is 73.3 Å². The van der Waals surface area contributed by atoms with Gasteiger partial charge >= 0.3 is 12.2 Å². The Morgan fingerprint density at radius 1 is 0.662 bits per heavy atom. The van der Waals surface area contributed by atoms with Crippen molar-refractivity contribution < 1.29 is 38.0 Å². The van der Waals surface area contributed by atoms with Crippen LogP contribution >= 0.6 is 0 Å². The van der Waals surface area contributed by atoms with Gasteiger partial charge < -0.3 is 43.2 Å². The minimum Gasteiger partial charge on any atom is -0.493 e. The molecule has 3 aromatic carbocycles. The third-order valence-corrected chi connectivity index (χ3v) is 11.6. The summed E-state index contributed by atoms with van der Waals surface area (Å²) < 4.78 is 36.0. The number of nitrogens with one attached hydrogen (secondary N) is 1. The van der Waals surface area contributed by atoms with Crippen molar-refractivity contribution in [2.45, 2.75) is 135 Å². The number of hydrogen-bond donors (Lipinski definition) is 1. The lowest BCUT2D eigenvalue weighted by molar-refractivity contribution is 0.0130. The Hall–Kier alpha value is -6.32. The molecule has 65 heavy (non-hydrogen) atoms. The molecular formula is C49H64N6O10. The number of aromatic amines is 1. The highest BCUT2D eigenvalue weighted by atomic mass is 16.6. The zero-order valence-corrected chi connectivity index (χ0v) is 39.3. The van der Waals surface area contributed by atoms with Crippen LogP contribution in [0.2, 0.25) is 0 Å². The lowest BCUT2D eigenvalue weighted by atomic mass is 9.92. The lowest BCUT2D eigenvalue weighted by Gasteiger charge is -2.35. The zero-order valence-electron chi connectivity index (χ0n) is 39.3. The third kappa shape index (κ3) is 12.7. The summed E-state index contributed by atoms with van der Waals surface area (Å²) in [4.78, 5) is 64.6. The van der Waals surface area contributed by atoms with Gasteiger partial charge in [-0.2, -0.15) is 0 Å². The number of benzene rings is 3. The molecule has 2 amide bonds. The largest absolute Gasteiger partial charge is 0.493 e. The quantitative estimate of drug-likeness (QED) is 0.142. The summed E-state index contributed by atoms with van der Waals surface area (Å²) in [7, 11) is 6.72. The van der Waals surface area contributed by atoms with Gasteiger partial charge in [-0.15, -0.1) is 0 Å². The van der Waals surface area contributed by atoms with E-state index >= 15 is 0 Å². The van der Waals surface area contributed by atoms with E-state index in [2.05, 4.69) is 15.0 Å². The maximum absolute atomic E-state index is 13.2. The molecule has 5 aromatic rings. The third-order valence-electron chi connectivity index (χ3n) is 11.6. The fourth-order valence-electron chi connectivity index (χ4n) is 8.06. The molecule has 0 radical (unpaired) electrons. The van der Waals surface area contributed by atoms with Crippen LogP contribution in [0.1, 0.15) is 98.5 Å². The van der Waals surface area contributed by atoms with Gasteiger partial charge in [0, 0.05) is 38.3 Å². The van der Waals surface area contributed by atoms with E-state index in [4.69, 9.17) is 28.4 Å². The number of hydrogen-bond acceptors (Lipinski definition) is 12. The second-order valence-electron chi connectivity index (χ2n) is 18.7. The lowest BCUT2D eigenvalue weighted by Crippen LogP contribution is -2.43. The van der Waals surface area contributed by atoms with Crippen LogP contribution in [-0.4, -0.2) is 105 Å². The van der Waals surface area contributed by atoms with E-state index in [0.717, 1.165) is 56.9 Å². The van der Waals surface area contributed by atoms with Crippen LogP contribution in [0, 0.1) is 0 Å². The van der Waals surface area contributed by atoms with Crippen molar-refractivity contribution in [3.05, 3.63) is 93.5 Å². The van der Waals surface area contributed by atoms with Gasteiger partial charge in [0.1, 0.15) is 11.2 Å². The summed E-state index contributed by atoms with van der Waals surface area (Å²) in [5.41, 5.74) is 0.776. The molecule has 2 saturated carbocycles. The van der Waals surface area contributed by atoms with E-state index in [0.29, 0.717) is 51.3 Å². The normalized spacial score (nSPS) is 18.7. The first kappa shape index (κ1) is 48.1. The number of fused-ring (bicyclic) bond motifs is 2. The minimum atomic E-state index is -0.521. The van der Waals surface area contributed by atoms with E-state index in [-0.39, 0.29) is 47.6 Å². The molecule has 16 nitrogen and oxygen atoms in total. The molecule has 2 heterocycles. The van der Waals surface area contributed by atoms with Gasteiger partial charge in [-0.05, 0) is 111 Å². The first-order valence-electron chi connectivity index (χ1n) is 22.2. The van der Waals surface area contributed by atoms with Gasteiger partial charge in [0.2, 0.25) is 0 Å². The maximum atomic E-state index is 13.2. The minimum absolute atomic E-state index is 0.0135. The van der Waals surface area contributed by atoms with Crippen molar-refractivity contribution in [2.24, 2.45) is 0 Å². The van der Waals surface area contributed by atoms with Crippen molar-refractivity contribution in [1.82, 2.24) is 29.3 Å². The molecule has 0 saturated heterocycles. The average molecular weight is 897 g/mol. The van der Waals surface area contributed by atoms with Crippen LogP contribution in [0.3, 0.4) is 0 Å². The first-order valence-corrected chi connectivity index (χ1v) is 22.2. The average Bonchev–Trinajstić information content (AvgIpc) is 3.27. The van der Waals surface area contributed by atoms with E-state index in [1.807, 2.05) is 71.9 Å². The number of amides is 2. The Balaban J connectivity index is 0.000000221. The monoisotopic (exact) mass is 896 g/mol. The highest BCUT2D eigenvalue weighted by Gasteiger charge is 2.32. The molecule has 7 rings (SSSR count). The summed E-state index contributed by atoms with van der Waals surface area (Å²) >= 11 is 0. The van der Waals surface area contributed by atoms with Crippen molar-refractivity contribution in [1.29, 1.82) is 0 Å². The summed E-state index contributed by atoms with van der Waals surface area (Å²) in [6.07, 6.45) is 8.68. The van der Waals surface area contributed by atoms with Crippen LogP contribution in [0.15, 0.2) is 76.8 Å². The van der Waals surface area contributed by atoms with Crippen molar-refractivity contribution in [3.63, 3.8) is 0 Å². The topological polar surface area (TPSA) is 177 Å². The van der Waals surface area contributed by atoms with E-state index < -0.39 is 11.2 Å². The number of rotatable bonds is 10. The van der Waals surface area contributed by atoms with Crippen molar-refractivity contribution in [2.75, 3.05) is 28.3 Å². The molecule has 0 spiro atoms. The Morgan fingerprint density at radius 3 is 1.58 bits per heavy atom. The fraction of sp³-hybridized carbons (Fsp3) is 0.510. The maximum Gasteiger partial charge on any atom is 0.410 e. The van der Waals surface area contributed by atoms with E-state index in [1.165, 1.54) is 6.33 Å². The number of methoxy groups -OCH3 is 2. The van der Waals surface area contributed by atoms with Gasteiger partial charge in [0.05, 0.1) is 67.4 Å². The number of H-pyrrole nitrogens is 1. The van der Waals surface area contributed by atoms with Crippen LogP contribution in [0.4, 0.5) is 9.59 Å². The van der Waals surface area contributed by atoms with Gasteiger partial charge in [0.15, 0.2) is 23.0 Å². The molecule has 2 aromatic heterocycles. The molecule has 0 aliphatic heterocycles. The number of ether oxygens (including phenoxy) is 6. The van der Waals surface area contributed by atoms with E-state index in [9.17, 15) is 19.2 Å². The molecule has 0 atom stereocenters.